The number of hydrogen-bond acceptors (Lipinski definition) is 1. The highest BCUT2D eigenvalue weighted by Crippen LogP contribution is 2.15. The van der Waals surface area contributed by atoms with Crippen LogP contribution < -0.4 is 5.32 Å². The van der Waals surface area contributed by atoms with Gasteiger partial charge in [-0.3, -0.25) is 0 Å². The van der Waals surface area contributed by atoms with Crippen LogP contribution in [0.25, 0.3) is 0 Å². The van der Waals surface area contributed by atoms with E-state index in [4.69, 9.17) is 0 Å². The van der Waals surface area contributed by atoms with Gasteiger partial charge in [-0.25, -0.2) is 0 Å². The average Bonchev–Trinajstić information content (AvgIpc) is 2.22. The zero-order chi connectivity index (χ0) is 11.3. The second kappa shape index (κ2) is 5.40. The molecule has 0 fully saturated rings. The van der Waals surface area contributed by atoms with Gasteiger partial charge in [0.05, 0.1) is 0 Å². The van der Waals surface area contributed by atoms with Crippen molar-refractivity contribution in [3.8, 4) is 0 Å². The SMILES string of the molecule is C=CN/C=C(\C)Cc1cccc(C)c1C. The second-order valence-electron chi connectivity index (χ2n) is 3.90. The molecule has 0 amide bonds. The van der Waals surface area contributed by atoms with E-state index in [1.807, 2.05) is 6.20 Å². The standard InChI is InChI=1S/C14H19N/c1-5-15-10-11(2)9-14-8-6-7-12(3)13(14)4/h5-8,10,15H,1,9H2,2-4H3/b11-10+. The summed E-state index contributed by atoms with van der Waals surface area (Å²) in [6.07, 6.45) is 4.68. The third kappa shape index (κ3) is 3.28. The molecule has 0 bridgehead atoms. The minimum Gasteiger partial charge on any atom is -0.368 e. The smallest absolute Gasteiger partial charge is 0.000328 e. The number of allylic oxidation sites excluding steroid dienone is 1. The molecule has 1 aromatic rings. The van der Waals surface area contributed by atoms with E-state index in [1.165, 1.54) is 22.3 Å². The summed E-state index contributed by atoms with van der Waals surface area (Å²) in [5.74, 6) is 0. The van der Waals surface area contributed by atoms with Gasteiger partial charge >= 0.3 is 0 Å². The van der Waals surface area contributed by atoms with Crippen molar-refractivity contribution in [2.24, 2.45) is 0 Å². The highest BCUT2D eigenvalue weighted by atomic mass is 14.8. The molecule has 0 saturated heterocycles. The molecule has 0 unspecified atom stereocenters. The summed E-state index contributed by atoms with van der Waals surface area (Å²) in [7, 11) is 0. The monoisotopic (exact) mass is 201 g/mol. The summed E-state index contributed by atoms with van der Waals surface area (Å²) >= 11 is 0. The van der Waals surface area contributed by atoms with Crippen molar-refractivity contribution in [1.29, 1.82) is 0 Å². The highest BCUT2D eigenvalue weighted by Gasteiger charge is 2.00. The Morgan fingerprint density at radius 3 is 2.80 bits per heavy atom. The Morgan fingerprint density at radius 2 is 2.13 bits per heavy atom. The topological polar surface area (TPSA) is 12.0 Å². The molecule has 15 heavy (non-hydrogen) atoms. The zero-order valence-corrected chi connectivity index (χ0v) is 9.80. The minimum absolute atomic E-state index is 0.994. The Balaban J connectivity index is 2.80. The average molecular weight is 201 g/mol. The molecule has 0 atom stereocenters. The predicted molar refractivity (Wildman–Crippen MR) is 66.7 cm³/mol. The summed E-state index contributed by atoms with van der Waals surface area (Å²) < 4.78 is 0. The number of benzene rings is 1. The van der Waals surface area contributed by atoms with Gasteiger partial charge in [0.2, 0.25) is 0 Å². The molecule has 1 aromatic carbocycles. The van der Waals surface area contributed by atoms with Gasteiger partial charge in [0, 0.05) is 0 Å². The first-order valence-corrected chi connectivity index (χ1v) is 5.23. The van der Waals surface area contributed by atoms with E-state index in [1.54, 1.807) is 6.20 Å². The van der Waals surface area contributed by atoms with Gasteiger partial charge in [-0.05, 0) is 56.3 Å². The molecule has 1 nitrogen and oxygen atoms in total. The molecule has 0 heterocycles. The van der Waals surface area contributed by atoms with Crippen LogP contribution in [-0.2, 0) is 6.42 Å². The first-order chi connectivity index (χ1) is 7.15. The minimum atomic E-state index is 0.994. The predicted octanol–water partition coefficient (Wildman–Crippen LogP) is 3.48. The maximum atomic E-state index is 3.62. The van der Waals surface area contributed by atoms with Crippen LogP contribution in [0.5, 0.6) is 0 Å². The van der Waals surface area contributed by atoms with Crippen LogP contribution in [0.2, 0.25) is 0 Å². The normalized spacial score (nSPS) is 11.3. The van der Waals surface area contributed by atoms with E-state index < -0.39 is 0 Å². The van der Waals surface area contributed by atoms with E-state index in [9.17, 15) is 0 Å². The Bertz CT molecular complexity index is 375. The summed E-state index contributed by atoms with van der Waals surface area (Å²) in [4.78, 5) is 0. The lowest BCUT2D eigenvalue weighted by atomic mass is 9.98. The van der Waals surface area contributed by atoms with Crippen LogP contribution in [0.1, 0.15) is 23.6 Å². The summed E-state index contributed by atoms with van der Waals surface area (Å²) in [6, 6.07) is 6.46. The van der Waals surface area contributed by atoms with Gasteiger partial charge in [0.1, 0.15) is 0 Å². The molecule has 0 aliphatic heterocycles. The molecule has 0 radical (unpaired) electrons. The maximum absolute atomic E-state index is 3.62. The summed E-state index contributed by atoms with van der Waals surface area (Å²) in [5, 5.41) is 3.00. The van der Waals surface area contributed by atoms with E-state index in [0.717, 1.165) is 6.42 Å². The fraction of sp³-hybridized carbons (Fsp3) is 0.286. The van der Waals surface area contributed by atoms with E-state index in [-0.39, 0.29) is 0 Å². The molecule has 1 N–H and O–H groups in total. The first-order valence-electron chi connectivity index (χ1n) is 5.23. The fourth-order valence-corrected chi connectivity index (χ4v) is 1.56. The number of aryl methyl sites for hydroxylation is 1. The van der Waals surface area contributed by atoms with Crippen LogP contribution in [0.4, 0.5) is 0 Å². The Morgan fingerprint density at radius 1 is 1.40 bits per heavy atom. The van der Waals surface area contributed by atoms with Crippen molar-refractivity contribution >= 4 is 0 Å². The molecule has 0 spiro atoms. The van der Waals surface area contributed by atoms with Crippen molar-refractivity contribution in [2.45, 2.75) is 27.2 Å². The summed E-state index contributed by atoms with van der Waals surface area (Å²) in [6.45, 7) is 10.1. The largest absolute Gasteiger partial charge is 0.368 e. The van der Waals surface area contributed by atoms with Crippen LogP contribution in [0.15, 0.2) is 42.8 Å². The molecule has 0 aromatic heterocycles. The fourth-order valence-electron chi connectivity index (χ4n) is 1.56. The lowest BCUT2D eigenvalue weighted by Gasteiger charge is -2.08. The zero-order valence-electron chi connectivity index (χ0n) is 9.80. The lowest BCUT2D eigenvalue weighted by molar-refractivity contribution is 1.05. The van der Waals surface area contributed by atoms with Gasteiger partial charge in [-0.1, -0.05) is 30.4 Å². The molecular weight excluding hydrogens is 182 g/mol. The van der Waals surface area contributed by atoms with Crippen molar-refractivity contribution in [2.75, 3.05) is 0 Å². The maximum Gasteiger partial charge on any atom is -0.000328 e. The molecule has 80 valence electrons. The number of rotatable bonds is 4. The summed E-state index contributed by atoms with van der Waals surface area (Å²) in [5.41, 5.74) is 5.46. The molecular formula is C14H19N. The highest BCUT2D eigenvalue weighted by molar-refractivity contribution is 5.35. The lowest BCUT2D eigenvalue weighted by Crippen LogP contribution is -1.98. The van der Waals surface area contributed by atoms with Crippen molar-refractivity contribution in [3.05, 3.63) is 59.4 Å². The third-order valence-electron chi connectivity index (χ3n) is 2.63. The van der Waals surface area contributed by atoms with Gasteiger partial charge in [0.25, 0.3) is 0 Å². The van der Waals surface area contributed by atoms with E-state index in [2.05, 4.69) is 50.9 Å². The number of hydrogen-bond donors (Lipinski definition) is 1. The quantitative estimate of drug-likeness (QED) is 0.786. The van der Waals surface area contributed by atoms with Gasteiger partial charge < -0.3 is 5.32 Å². The van der Waals surface area contributed by atoms with Gasteiger partial charge in [0.15, 0.2) is 0 Å². The van der Waals surface area contributed by atoms with Crippen LogP contribution in [0, 0.1) is 13.8 Å². The molecule has 0 aliphatic rings. The molecule has 1 rings (SSSR count). The third-order valence-corrected chi connectivity index (χ3v) is 2.63. The van der Waals surface area contributed by atoms with Crippen molar-refractivity contribution in [1.82, 2.24) is 5.32 Å². The molecule has 0 aliphatic carbocycles. The number of nitrogens with one attached hydrogen (secondary N) is 1. The van der Waals surface area contributed by atoms with Crippen LogP contribution in [0.3, 0.4) is 0 Å². The Labute approximate surface area is 92.5 Å². The Kier molecular flexibility index (Phi) is 4.17. The molecule has 0 saturated carbocycles. The van der Waals surface area contributed by atoms with E-state index >= 15 is 0 Å². The van der Waals surface area contributed by atoms with Crippen LogP contribution >= 0.6 is 0 Å². The van der Waals surface area contributed by atoms with Gasteiger partial charge in [-0.15, -0.1) is 0 Å². The van der Waals surface area contributed by atoms with Crippen molar-refractivity contribution < 1.29 is 0 Å². The Hall–Kier alpha value is -1.50. The van der Waals surface area contributed by atoms with Gasteiger partial charge in [-0.2, -0.15) is 0 Å². The van der Waals surface area contributed by atoms with E-state index in [0.29, 0.717) is 0 Å². The van der Waals surface area contributed by atoms with Crippen molar-refractivity contribution in [3.63, 3.8) is 0 Å². The van der Waals surface area contributed by atoms with Crippen LogP contribution in [-0.4, -0.2) is 0 Å². The first kappa shape index (κ1) is 11.6. The molecule has 1 heteroatoms. The second-order valence-corrected chi connectivity index (χ2v) is 3.90.